The number of nitrogens with one attached hydrogen (secondary N) is 2. The van der Waals surface area contributed by atoms with Crippen LogP contribution in [0.5, 0.6) is 0 Å². The van der Waals surface area contributed by atoms with Crippen LogP contribution in [0.1, 0.15) is 40.5 Å². The van der Waals surface area contributed by atoms with Gasteiger partial charge in [-0.1, -0.05) is 0 Å². The van der Waals surface area contributed by atoms with Crippen LogP contribution in [0.3, 0.4) is 0 Å². The monoisotopic (exact) mass is 274 g/mol. The number of hydrogen-bond acceptors (Lipinski definition) is 5. The molecule has 0 saturated heterocycles. The molecule has 0 aromatic rings. The van der Waals surface area contributed by atoms with Gasteiger partial charge in [-0.05, 0) is 40.7 Å². The highest BCUT2D eigenvalue weighted by atomic mass is 16.6. The van der Waals surface area contributed by atoms with Crippen molar-refractivity contribution in [2.75, 3.05) is 26.2 Å². The normalized spacial score (nSPS) is 10.9. The number of rotatable bonds is 8. The third-order valence-electron chi connectivity index (χ3n) is 2.01. The Bertz CT molecular complexity index is 274. The lowest BCUT2D eigenvalue weighted by Gasteiger charge is -2.19. The molecule has 0 aliphatic carbocycles. The molecule has 0 aliphatic heterocycles. The van der Waals surface area contributed by atoms with E-state index in [-0.39, 0.29) is 5.97 Å². The second-order valence-corrected chi connectivity index (χ2v) is 5.09. The second kappa shape index (κ2) is 9.61. The summed E-state index contributed by atoms with van der Waals surface area (Å²) < 4.78 is 9.89. The molecule has 1 amide bonds. The lowest BCUT2D eigenvalue weighted by molar-refractivity contribution is -0.143. The Labute approximate surface area is 115 Å². The number of carbonyl (C=O) groups is 2. The van der Waals surface area contributed by atoms with Crippen LogP contribution < -0.4 is 10.6 Å². The summed E-state index contributed by atoms with van der Waals surface area (Å²) in [5, 5.41) is 5.77. The number of alkyl carbamates (subject to hydrolysis) is 1. The molecule has 0 unspecified atom stereocenters. The molecule has 0 aromatic heterocycles. The molecule has 112 valence electrons. The van der Waals surface area contributed by atoms with Gasteiger partial charge in [0, 0.05) is 19.5 Å². The van der Waals surface area contributed by atoms with Gasteiger partial charge in [-0.25, -0.2) is 4.79 Å². The molecule has 0 spiro atoms. The van der Waals surface area contributed by atoms with E-state index in [0.717, 1.165) is 13.0 Å². The first-order chi connectivity index (χ1) is 8.85. The van der Waals surface area contributed by atoms with Gasteiger partial charge < -0.3 is 20.1 Å². The fraction of sp³-hybridized carbons (Fsp3) is 0.846. The van der Waals surface area contributed by atoms with Crippen molar-refractivity contribution >= 4 is 12.1 Å². The third kappa shape index (κ3) is 12.9. The molecule has 6 nitrogen and oxygen atoms in total. The number of carbonyl (C=O) groups excluding carboxylic acids is 2. The topological polar surface area (TPSA) is 76.7 Å². The zero-order valence-electron chi connectivity index (χ0n) is 12.4. The summed E-state index contributed by atoms with van der Waals surface area (Å²) in [6, 6.07) is 0. The van der Waals surface area contributed by atoms with Crippen LogP contribution in [-0.4, -0.2) is 43.9 Å². The minimum atomic E-state index is -0.475. The van der Waals surface area contributed by atoms with Crippen LogP contribution in [0.25, 0.3) is 0 Å². The van der Waals surface area contributed by atoms with E-state index < -0.39 is 11.7 Å². The first kappa shape index (κ1) is 17.7. The summed E-state index contributed by atoms with van der Waals surface area (Å²) in [5.41, 5.74) is -0.475. The van der Waals surface area contributed by atoms with E-state index in [2.05, 4.69) is 10.6 Å². The van der Waals surface area contributed by atoms with E-state index in [9.17, 15) is 9.59 Å². The fourth-order valence-corrected chi connectivity index (χ4v) is 1.28. The van der Waals surface area contributed by atoms with Crippen LogP contribution in [0.2, 0.25) is 0 Å². The van der Waals surface area contributed by atoms with E-state index in [1.165, 1.54) is 0 Å². The zero-order chi connectivity index (χ0) is 14.7. The van der Waals surface area contributed by atoms with Gasteiger partial charge in [0.1, 0.15) is 5.60 Å². The molecule has 0 fully saturated rings. The number of esters is 1. The van der Waals surface area contributed by atoms with Crippen molar-refractivity contribution in [3.05, 3.63) is 0 Å². The van der Waals surface area contributed by atoms with Gasteiger partial charge in [-0.2, -0.15) is 0 Å². The Balaban J connectivity index is 3.36. The van der Waals surface area contributed by atoms with Gasteiger partial charge in [-0.15, -0.1) is 0 Å². The Morgan fingerprint density at radius 1 is 1.11 bits per heavy atom. The molecular formula is C13H26N2O4. The van der Waals surface area contributed by atoms with Crippen molar-refractivity contribution in [1.82, 2.24) is 10.6 Å². The summed E-state index contributed by atoms with van der Waals surface area (Å²) in [6.07, 6.45) is 0.729. The molecule has 0 atom stereocenters. The molecule has 0 aromatic carbocycles. The van der Waals surface area contributed by atoms with Crippen molar-refractivity contribution in [3.8, 4) is 0 Å². The predicted molar refractivity (Wildman–Crippen MR) is 73.0 cm³/mol. The van der Waals surface area contributed by atoms with Crippen LogP contribution >= 0.6 is 0 Å². The summed E-state index contributed by atoms with van der Waals surface area (Å²) in [7, 11) is 0. The largest absolute Gasteiger partial charge is 0.466 e. The highest BCUT2D eigenvalue weighted by Gasteiger charge is 2.15. The van der Waals surface area contributed by atoms with Gasteiger partial charge >= 0.3 is 12.1 Å². The molecule has 0 heterocycles. The van der Waals surface area contributed by atoms with E-state index in [4.69, 9.17) is 9.47 Å². The molecule has 19 heavy (non-hydrogen) atoms. The highest BCUT2D eigenvalue weighted by Crippen LogP contribution is 2.05. The quantitative estimate of drug-likeness (QED) is 0.517. The summed E-state index contributed by atoms with van der Waals surface area (Å²) in [4.78, 5) is 22.3. The molecule has 6 heteroatoms. The molecular weight excluding hydrogens is 248 g/mol. The standard InChI is InChI=1S/C13H26N2O4/c1-5-18-11(16)7-6-8-14-9-10-15-12(17)19-13(2,3)4/h14H,5-10H2,1-4H3,(H,15,17). The van der Waals surface area contributed by atoms with Crippen molar-refractivity contribution < 1.29 is 19.1 Å². The van der Waals surface area contributed by atoms with E-state index in [1.54, 1.807) is 6.92 Å². The molecule has 0 bridgehead atoms. The predicted octanol–water partition coefficient (Wildman–Crippen LogP) is 1.44. The third-order valence-corrected chi connectivity index (χ3v) is 2.01. The second-order valence-electron chi connectivity index (χ2n) is 5.09. The fourth-order valence-electron chi connectivity index (χ4n) is 1.28. The smallest absolute Gasteiger partial charge is 0.407 e. The molecule has 0 rings (SSSR count). The van der Waals surface area contributed by atoms with Crippen molar-refractivity contribution in [3.63, 3.8) is 0 Å². The Morgan fingerprint density at radius 2 is 1.79 bits per heavy atom. The first-order valence-electron chi connectivity index (χ1n) is 6.68. The maximum absolute atomic E-state index is 11.3. The molecule has 2 N–H and O–H groups in total. The summed E-state index contributed by atoms with van der Waals surface area (Å²) in [6.45, 7) is 9.52. The van der Waals surface area contributed by atoms with Crippen molar-refractivity contribution in [2.45, 2.75) is 46.1 Å². The number of ether oxygens (including phenoxy) is 2. The molecule has 0 saturated carbocycles. The van der Waals surface area contributed by atoms with Crippen LogP contribution in [0.4, 0.5) is 4.79 Å². The van der Waals surface area contributed by atoms with Crippen molar-refractivity contribution in [1.29, 1.82) is 0 Å². The summed E-state index contributed by atoms with van der Waals surface area (Å²) in [5.74, 6) is -0.170. The van der Waals surface area contributed by atoms with E-state index in [1.807, 2.05) is 20.8 Å². The Morgan fingerprint density at radius 3 is 2.37 bits per heavy atom. The molecule has 0 radical (unpaired) electrons. The van der Waals surface area contributed by atoms with Crippen LogP contribution in [0.15, 0.2) is 0 Å². The maximum Gasteiger partial charge on any atom is 0.407 e. The summed E-state index contributed by atoms with van der Waals surface area (Å²) >= 11 is 0. The van der Waals surface area contributed by atoms with Gasteiger partial charge in [0.15, 0.2) is 0 Å². The van der Waals surface area contributed by atoms with Crippen molar-refractivity contribution in [2.24, 2.45) is 0 Å². The maximum atomic E-state index is 11.3. The highest BCUT2D eigenvalue weighted by molar-refractivity contribution is 5.69. The van der Waals surface area contributed by atoms with Crippen LogP contribution in [0, 0.1) is 0 Å². The molecule has 0 aliphatic rings. The average molecular weight is 274 g/mol. The zero-order valence-corrected chi connectivity index (χ0v) is 12.4. The minimum absolute atomic E-state index is 0.170. The first-order valence-corrected chi connectivity index (χ1v) is 6.68. The van der Waals surface area contributed by atoms with Gasteiger partial charge in [0.2, 0.25) is 0 Å². The van der Waals surface area contributed by atoms with Gasteiger partial charge in [0.25, 0.3) is 0 Å². The van der Waals surface area contributed by atoms with Gasteiger partial charge in [0.05, 0.1) is 6.61 Å². The Hall–Kier alpha value is -1.30. The van der Waals surface area contributed by atoms with E-state index in [0.29, 0.717) is 26.1 Å². The van der Waals surface area contributed by atoms with E-state index >= 15 is 0 Å². The SMILES string of the molecule is CCOC(=O)CCCNCCNC(=O)OC(C)(C)C. The lowest BCUT2D eigenvalue weighted by atomic mass is 10.2. The number of amides is 1. The minimum Gasteiger partial charge on any atom is -0.466 e. The van der Waals surface area contributed by atoms with Crippen LogP contribution in [-0.2, 0) is 14.3 Å². The Kier molecular flexibility index (Phi) is 8.95. The van der Waals surface area contributed by atoms with Gasteiger partial charge in [-0.3, -0.25) is 4.79 Å². The average Bonchev–Trinajstić information content (AvgIpc) is 2.25. The number of hydrogen-bond donors (Lipinski definition) is 2. The lowest BCUT2D eigenvalue weighted by Crippen LogP contribution is -2.36.